The standard InChI is InChI=1S/C14H22N2O4/c1-19-8-3-6-16(7-9-20-2)13-5-4-11(14(17)18)10-12(13)15/h4-5,10H,3,6-9,15H2,1-2H3,(H,17,18). The van der Waals surface area contributed by atoms with Gasteiger partial charge in [0.15, 0.2) is 0 Å². The molecule has 0 aliphatic carbocycles. The Balaban J connectivity index is 2.85. The monoisotopic (exact) mass is 282 g/mol. The fourth-order valence-corrected chi connectivity index (χ4v) is 1.93. The molecule has 0 amide bonds. The largest absolute Gasteiger partial charge is 0.478 e. The SMILES string of the molecule is COCCCN(CCOC)c1ccc(C(=O)O)cc1N. The zero-order chi connectivity index (χ0) is 15.0. The highest BCUT2D eigenvalue weighted by Crippen LogP contribution is 2.24. The molecule has 0 aliphatic rings. The fourth-order valence-electron chi connectivity index (χ4n) is 1.93. The molecule has 0 radical (unpaired) electrons. The highest BCUT2D eigenvalue weighted by molar-refractivity contribution is 5.90. The summed E-state index contributed by atoms with van der Waals surface area (Å²) in [6.07, 6.45) is 0.861. The van der Waals surface area contributed by atoms with Crippen molar-refractivity contribution in [1.29, 1.82) is 0 Å². The van der Waals surface area contributed by atoms with E-state index in [1.165, 1.54) is 6.07 Å². The summed E-state index contributed by atoms with van der Waals surface area (Å²) in [5, 5.41) is 8.95. The van der Waals surface area contributed by atoms with E-state index in [1.807, 2.05) is 0 Å². The fraction of sp³-hybridized carbons (Fsp3) is 0.500. The van der Waals surface area contributed by atoms with Crippen LogP contribution in [0.1, 0.15) is 16.8 Å². The Bertz CT molecular complexity index is 437. The van der Waals surface area contributed by atoms with Gasteiger partial charge >= 0.3 is 5.97 Å². The average molecular weight is 282 g/mol. The number of hydrogen-bond donors (Lipinski definition) is 2. The van der Waals surface area contributed by atoms with E-state index in [1.54, 1.807) is 26.4 Å². The van der Waals surface area contributed by atoms with Gasteiger partial charge in [-0.3, -0.25) is 0 Å². The molecule has 0 saturated heterocycles. The number of hydrogen-bond acceptors (Lipinski definition) is 5. The third-order valence-corrected chi connectivity index (χ3v) is 2.96. The number of ether oxygens (including phenoxy) is 2. The molecule has 0 heterocycles. The minimum Gasteiger partial charge on any atom is -0.478 e. The summed E-state index contributed by atoms with van der Waals surface area (Å²) < 4.78 is 10.1. The summed E-state index contributed by atoms with van der Waals surface area (Å²) in [5.74, 6) is -0.980. The maximum atomic E-state index is 10.9. The number of aromatic carboxylic acids is 1. The number of anilines is 2. The second kappa shape index (κ2) is 8.39. The van der Waals surface area contributed by atoms with Gasteiger partial charge in [-0.25, -0.2) is 4.79 Å². The Morgan fingerprint density at radius 1 is 1.25 bits per heavy atom. The van der Waals surface area contributed by atoms with E-state index < -0.39 is 5.97 Å². The smallest absolute Gasteiger partial charge is 0.335 e. The summed E-state index contributed by atoms with van der Waals surface area (Å²) in [7, 11) is 3.31. The van der Waals surface area contributed by atoms with Crippen LogP contribution in [-0.2, 0) is 9.47 Å². The highest BCUT2D eigenvalue weighted by atomic mass is 16.5. The van der Waals surface area contributed by atoms with Crippen LogP contribution in [0.4, 0.5) is 11.4 Å². The molecule has 1 rings (SSSR count). The van der Waals surface area contributed by atoms with Crippen molar-refractivity contribution >= 4 is 17.3 Å². The van der Waals surface area contributed by atoms with E-state index in [2.05, 4.69) is 4.90 Å². The first-order valence-electron chi connectivity index (χ1n) is 6.45. The maximum Gasteiger partial charge on any atom is 0.335 e. The molecule has 0 aromatic heterocycles. The summed E-state index contributed by atoms with van der Waals surface area (Å²) in [6.45, 7) is 2.70. The van der Waals surface area contributed by atoms with Gasteiger partial charge in [0.25, 0.3) is 0 Å². The van der Waals surface area contributed by atoms with Crippen molar-refractivity contribution in [2.45, 2.75) is 6.42 Å². The Morgan fingerprint density at radius 3 is 2.50 bits per heavy atom. The van der Waals surface area contributed by atoms with Crippen LogP contribution in [0.2, 0.25) is 0 Å². The van der Waals surface area contributed by atoms with Gasteiger partial charge in [-0.2, -0.15) is 0 Å². The summed E-state index contributed by atoms with van der Waals surface area (Å²) in [5.41, 5.74) is 7.43. The lowest BCUT2D eigenvalue weighted by atomic mass is 10.1. The Labute approximate surface area is 119 Å². The number of rotatable bonds is 9. The molecule has 0 fully saturated rings. The minimum atomic E-state index is -0.980. The lowest BCUT2D eigenvalue weighted by Gasteiger charge is -2.26. The van der Waals surface area contributed by atoms with Gasteiger partial charge in [0, 0.05) is 33.9 Å². The lowest BCUT2D eigenvalue weighted by molar-refractivity contribution is 0.0697. The van der Waals surface area contributed by atoms with E-state index >= 15 is 0 Å². The molecule has 3 N–H and O–H groups in total. The zero-order valence-corrected chi connectivity index (χ0v) is 12.0. The lowest BCUT2D eigenvalue weighted by Crippen LogP contribution is -2.29. The number of carboxylic acid groups (broad SMARTS) is 1. The van der Waals surface area contributed by atoms with Crippen LogP contribution in [0.3, 0.4) is 0 Å². The van der Waals surface area contributed by atoms with Gasteiger partial charge in [-0.15, -0.1) is 0 Å². The number of methoxy groups -OCH3 is 2. The molecule has 0 bridgehead atoms. The molecule has 0 atom stereocenters. The second-order valence-electron chi connectivity index (χ2n) is 4.40. The average Bonchev–Trinajstić information content (AvgIpc) is 2.43. The molecular formula is C14H22N2O4. The van der Waals surface area contributed by atoms with Crippen molar-refractivity contribution in [3.63, 3.8) is 0 Å². The molecule has 112 valence electrons. The molecule has 0 unspecified atom stereocenters. The van der Waals surface area contributed by atoms with Crippen molar-refractivity contribution in [3.05, 3.63) is 23.8 Å². The van der Waals surface area contributed by atoms with Crippen LogP contribution in [-0.4, -0.2) is 51.6 Å². The molecule has 20 heavy (non-hydrogen) atoms. The number of carboxylic acids is 1. The van der Waals surface area contributed by atoms with Gasteiger partial charge in [-0.05, 0) is 24.6 Å². The summed E-state index contributed by atoms with van der Waals surface area (Å²) >= 11 is 0. The van der Waals surface area contributed by atoms with Crippen LogP contribution in [0, 0.1) is 0 Å². The van der Waals surface area contributed by atoms with E-state index in [0.717, 1.165) is 18.7 Å². The summed E-state index contributed by atoms with van der Waals surface area (Å²) in [4.78, 5) is 13.0. The number of nitrogens with zero attached hydrogens (tertiary/aromatic N) is 1. The van der Waals surface area contributed by atoms with Crippen molar-refractivity contribution in [2.75, 3.05) is 51.2 Å². The topological polar surface area (TPSA) is 85.0 Å². The van der Waals surface area contributed by atoms with E-state index in [-0.39, 0.29) is 5.56 Å². The quantitative estimate of drug-likeness (QED) is 0.527. The van der Waals surface area contributed by atoms with Gasteiger partial charge in [0.1, 0.15) is 0 Å². The maximum absolute atomic E-state index is 10.9. The summed E-state index contributed by atoms with van der Waals surface area (Å²) in [6, 6.07) is 4.78. The molecule has 0 saturated carbocycles. The third kappa shape index (κ3) is 4.71. The van der Waals surface area contributed by atoms with E-state index in [4.69, 9.17) is 20.3 Å². The Morgan fingerprint density at radius 2 is 1.95 bits per heavy atom. The Kier molecular flexibility index (Phi) is 6.83. The first-order valence-corrected chi connectivity index (χ1v) is 6.45. The first kappa shape index (κ1) is 16.3. The van der Waals surface area contributed by atoms with E-state index in [0.29, 0.717) is 25.4 Å². The van der Waals surface area contributed by atoms with Crippen LogP contribution in [0.5, 0.6) is 0 Å². The second-order valence-corrected chi connectivity index (χ2v) is 4.40. The number of nitrogens with two attached hydrogens (primary N) is 1. The zero-order valence-electron chi connectivity index (χ0n) is 12.0. The predicted molar refractivity (Wildman–Crippen MR) is 78.4 cm³/mol. The van der Waals surface area contributed by atoms with Crippen LogP contribution >= 0.6 is 0 Å². The van der Waals surface area contributed by atoms with Crippen LogP contribution in [0.15, 0.2) is 18.2 Å². The van der Waals surface area contributed by atoms with Crippen molar-refractivity contribution in [3.8, 4) is 0 Å². The normalized spacial score (nSPS) is 10.5. The third-order valence-electron chi connectivity index (χ3n) is 2.96. The molecule has 1 aromatic carbocycles. The minimum absolute atomic E-state index is 0.190. The van der Waals surface area contributed by atoms with Crippen molar-refractivity contribution < 1.29 is 19.4 Å². The van der Waals surface area contributed by atoms with Crippen LogP contribution in [0.25, 0.3) is 0 Å². The molecule has 6 nitrogen and oxygen atoms in total. The number of carbonyl (C=O) groups is 1. The van der Waals surface area contributed by atoms with Gasteiger partial charge < -0.3 is 25.2 Å². The van der Waals surface area contributed by atoms with Gasteiger partial charge in [-0.1, -0.05) is 0 Å². The van der Waals surface area contributed by atoms with Gasteiger partial charge in [0.05, 0.1) is 23.5 Å². The molecule has 1 aromatic rings. The molecular weight excluding hydrogens is 260 g/mol. The molecule has 0 aliphatic heterocycles. The first-order chi connectivity index (χ1) is 9.60. The van der Waals surface area contributed by atoms with Crippen LogP contribution < -0.4 is 10.6 Å². The highest BCUT2D eigenvalue weighted by Gasteiger charge is 2.12. The Hall–Kier alpha value is -1.79. The van der Waals surface area contributed by atoms with E-state index in [9.17, 15) is 4.79 Å². The number of benzene rings is 1. The molecule has 6 heteroatoms. The van der Waals surface area contributed by atoms with Gasteiger partial charge in [0.2, 0.25) is 0 Å². The van der Waals surface area contributed by atoms with Crippen molar-refractivity contribution in [1.82, 2.24) is 0 Å². The number of nitrogen functional groups attached to an aromatic ring is 1. The predicted octanol–water partition coefficient (Wildman–Crippen LogP) is 1.46. The molecule has 0 spiro atoms. The van der Waals surface area contributed by atoms with Crippen molar-refractivity contribution in [2.24, 2.45) is 0 Å².